The van der Waals surface area contributed by atoms with Crippen molar-refractivity contribution in [3.05, 3.63) is 0 Å². The van der Waals surface area contributed by atoms with Crippen LogP contribution >= 0.6 is 0 Å². The van der Waals surface area contributed by atoms with Gasteiger partial charge in [-0.3, -0.25) is 4.79 Å². The number of carboxylic acids is 1. The normalized spacial score (nSPS) is 12.5. The van der Waals surface area contributed by atoms with Gasteiger partial charge in [0.05, 0.1) is 0 Å². The molecule has 0 aliphatic heterocycles. The molecule has 11 heavy (non-hydrogen) atoms. The van der Waals surface area contributed by atoms with Crippen molar-refractivity contribution in [3.8, 4) is 0 Å². The number of hydrogen-bond donors (Lipinski definition) is 3. The van der Waals surface area contributed by atoms with E-state index in [1.54, 1.807) is 5.48 Å². The summed E-state index contributed by atoms with van der Waals surface area (Å²) >= 11 is 0. The summed E-state index contributed by atoms with van der Waals surface area (Å²) in [5.74, 6) is -1.11. The largest absolute Gasteiger partial charge is 0.480 e. The molecule has 0 aromatic rings. The molecule has 0 heterocycles. The van der Waals surface area contributed by atoms with Gasteiger partial charge in [-0.05, 0) is 12.8 Å². The molecule has 3 N–H and O–H groups in total. The summed E-state index contributed by atoms with van der Waals surface area (Å²) in [6.07, 6.45) is 1.76. The standard InChI is InChI=1S/C6H11NO4/c8-4-2-1-3-5(7-11)6(9)10/h4-5,7,11H,1-3H2,(H,9,10). The minimum atomic E-state index is -1.11. The minimum absolute atomic E-state index is 0.255. The van der Waals surface area contributed by atoms with Crippen LogP contribution in [-0.2, 0) is 9.59 Å². The van der Waals surface area contributed by atoms with Gasteiger partial charge in [-0.2, -0.15) is 5.48 Å². The van der Waals surface area contributed by atoms with Crippen LogP contribution in [0.3, 0.4) is 0 Å². The van der Waals surface area contributed by atoms with Crippen molar-refractivity contribution in [1.82, 2.24) is 5.48 Å². The van der Waals surface area contributed by atoms with E-state index >= 15 is 0 Å². The Kier molecular flexibility index (Phi) is 5.32. The zero-order valence-corrected chi connectivity index (χ0v) is 5.99. The Bertz CT molecular complexity index is 137. The Hall–Kier alpha value is -0.940. The highest BCUT2D eigenvalue weighted by Crippen LogP contribution is 1.98. The van der Waals surface area contributed by atoms with Crippen LogP contribution in [0, 0.1) is 0 Å². The van der Waals surface area contributed by atoms with Gasteiger partial charge >= 0.3 is 5.97 Å². The average molecular weight is 161 g/mol. The SMILES string of the molecule is O=CCCCC(NO)C(=O)O. The number of carbonyl (C=O) groups excluding carboxylic acids is 1. The number of aliphatic carboxylic acids is 1. The van der Waals surface area contributed by atoms with Crippen LogP contribution in [0.1, 0.15) is 19.3 Å². The Labute approximate surface area is 64.0 Å². The van der Waals surface area contributed by atoms with Crippen LogP contribution in [0.5, 0.6) is 0 Å². The summed E-state index contributed by atoms with van der Waals surface area (Å²) in [6, 6.07) is -0.963. The first-order valence-electron chi connectivity index (χ1n) is 3.28. The van der Waals surface area contributed by atoms with Crippen molar-refractivity contribution in [2.45, 2.75) is 25.3 Å². The second-order valence-electron chi connectivity index (χ2n) is 2.12. The monoisotopic (exact) mass is 161 g/mol. The zero-order chi connectivity index (χ0) is 8.69. The average Bonchev–Trinajstić information content (AvgIpc) is 1.97. The molecule has 1 atom stereocenters. The lowest BCUT2D eigenvalue weighted by Gasteiger charge is -2.07. The van der Waals surface area contributed by atoms with Gasteiger partial charge in [0.2, 0.25) is 0 Å². The van der Waals surface area contributed by atoms with E-state index in [9.17, 15) is 9.59 Å². The zero-order valence-electron chi connectivity index (χ0n) is 5.99. The topological polar surface area (TPSA) is 86.6 Å². The van der Waals surface area contributed by atoms with Gasteiger partial charge in [0, 0.05) is 6.42 Å². The van der Waals surface area contributed by atoms with Crippen molar-refractivity contribution in [3.63, 3.8) is 0 Å². The van der Waals surface area contributed by atoms with Crippen LogP contribution in [0.2, 0.25) is 0 Å². The predicted octanol–water partition coefficient (Wildman–Crippen LogP) is -0.212. The molecule has 0 spiro atoms. The van der Waals surface area contributed by atoms with Crippen molar-refractivity contribution >= 4 is 12.3 Å². The second-order valence-corrected chi connectivity index (χ2v) is 2.12. The van der Waals surface area contributed by atoms with E-state index in [0.717, 1.165) is 6.29 Å². The molecular weight excluding hydrogens is 150 g/mol. The summed E-state index contributed by atoms with van der Waals surface area (Å²) in [6.45, 7) is 0. The van der Waals surface area contributed by atoms with E-state index < -0.39 is 12.0 Å². The Balaban J connectivity index is 3.52. The maximum Gasteiger partial charge on any atom is 0.323 e. The fraction of sp³-hybridized carbons (Fsp3) is 0.667. The van der Waals surface area contributed by atoms with Crippen LogP contribution in [0.4, 0.5) is 0 Å². The van der Waals surface area contributed by atoms with Crippen molar-refractivity contribution in [2.24, 2.45) is 0 Å². The summed E-state index contributed by atoms with van der Waals surface area (Å²) < 4.78 is 0. The molecule has 0 bridgehead atoms. The van der Waals surface area contributed by atoms with Crippen LogP contribution in [-0.4, -0.2) is 28.6 Å². The van der Waals surface area contributed by atoms with Crippen molar-refractivity contribution in [1.29, 1.82) is 0 Å². The molecule has 0 fully saturated rings. The van der Waals surface area contributed by atoms with Gasteiger partial charge < -0.3 is 15.1 Å². The highest BCUT2D eigenvalue weighted by atomic mass is 16.5. The first kappa shape index (κ1) is 10.1. The van der Waals surface area contributed by atoms with Gasteiger partial charge in [-0.25, -0.2) is 0 Å². The van der Waals surface area contributed by atoms with E-state index in [2.05, 4.69) is 0 Å². The fourth-order valence-corrected chi connectivity index (χ4v) is 0.649. The molecular formula is C6H11NO4. The molecule has 0 amide bonds. The fourth-order valence-electron chi connectivity index (χ4n) is 0.649. The number of carboxylic acid groups (broad SMARTS) is 1. The lowest BCUT2D eigenvalue weighted by atomic mass is 10.1. The third-order valence-electron chi connectivity index (χ3n) is 1.27. The Morgan fingerprint density at radius 3 is 2.64 bits per heavy atom. The molecule has 64 valence electrons. The molecule has 0 aromatic heterocycles. The maximum atomic E-state index is 10.2. The molecule has 1 unspecified atom stereocenters. The van der Waals surface area contributed by atoms with Gasteiger partial charge in [-0.15, -0.1) is 0 Å². The number of aldehydes is 1. The van der Waals surface area contributed by atoms with Gasteiger partial charge in [-0.1, -0.05) is 0 Å². The Morgan fingerprint density at radius 2 is 2.27 bits per heavy atom. The molecule has 0 aliphatic rings. The molecule has 5 nitrogen and oxygen atoms in total. The molecule has 5 heteroatoms. The van der Waals surface area contributed by atoms with Crippen LogP contribution in [0.15, 0.2) is 0 Å². The van der Waals surface area contributed by atoms with Gasteiger partial charge in [0.15, 0.2) is 0 Å². The summed E-state index contributed by atoms with van der Waals surface area (Å²) in [4.78, 5) is 20.0. The summed E-state index contributed by atoms with van der Waals surface area (Å²) in [7, 11) is 0. The number of hydrogen-bond acceptors (Lipinski definition) is 4. The number of hydroxylamine groups is 1. The first-order valence-corrected chi connectivity index (χ1v) is 3.28. The van der Waals surface area contributed by atoms with E-state index in [1.807, 2.05) is 0 Å². The van der Waals surface area contributed by atoms with Crippen molar-refractivity contribution in [2.75, 3.05) is 0 Å². The molecule has 0 radical (unpaired) electrons. The third-order valence-corrected chi connectivity index (χ3v) is 1.27. The molecule has 0 saturated heterocycles. The van der Waals surface area contributed by atoms with E-state index in [0.29, 0.717) is 12.8 Å². The third kappa shape index (κ3) is 4.46. The summed E-state index contributed by atoms with van der Waals surface area (Å²) in [5, 5.41) is 16.6. The van der Waals surface area contributed by atoms with E-state index in [-0.39, 0.29) is 6.42 Å². The number of nitrogens with one attached hydrogen (secondary N) is 1. The molecule has 0 rings (SSSR count). The molecule has 0 aliphatic carbocycles. The maximum absolute atomic E-state index is 10.2. The van der Waals surface area contributed by atoms with Crippen LogP contribution in [0.25, 0.3) is 0 Å². The molecule has 0 saturated carbocycles. The number of unbranched alkanes of at least 4 members (excludes halogenated alkanes) is 1. The number of carbonyl (C=O) groups is 2. The quantitative estimate of drug-likeness (QED) is 0.285. The van der Waals surface area contributed by atoms with Gasteiger partial charge in [0.1, 0.15) is 12.3 Å². The first-order chi connectivity index (χ1) is 5.22. The van der Waals surface area contributed by atoms with E-state index in [1.165, 1.54) is 0 Å². The minimum Gasteiger partial charge on any atom is -0.480 e. The lowest BCUT2D eigenvalue weighted by Crippen LogP contribution is -2.34. The van der Waals surface area contributed by atoms with Crippen molar-refractivity contribution < 1.29 is 19.9 Å². The lowest BCUT2D eigenvalue weighted by molar-refractivity contribution is -0.142. The summed E-state index contributed by atoms with van der Waals surface area (Å²) in [5.41, 5.74) is 1.64. The van der Waals surface area contributed by atoms with Crippen LogP contribution < -0.4 is 5.48 Å². The van der Waals surface area contributed by atoms with E-state index in [4.69, 9.17) is 10.3 Å². The predicted molar refractivity (Wildman–Crippen MR) is 36.3 cm³/mol. The highest BCUT2D eigenvalue weighted by molar-refractivity contribution is 5.73. The second kappa shape index (κ2) is 5.82. The van der Waals surface area contributed by atoms with Gasteiger partial charge in [0.25, 0.3) is 0 Å². The smallest absolute Gasteiger partial charge is 0.323 e. The Morgan fingerprint density at radius 1 is 1.64 bits per heavy atom. The highest BCUT2D eigenvalue weighted by Gasteiger charge is 2.14. The number of rotatable bonds is 6. The molecule has 0 aromatic carbocycles.